The van der Waals surface area contributed by atoms with Crippen molar-refractivity contribution < 1.29 is 4.79 Å². The number of carbonyl (C=O) groups is 1. The van der Waals surface area contributed by atoms with Gasteiger partial charge < -0.3 is 16.0 Å². The standard InChI is InChI=1S/C14H21N3O/c1-10-3-6-13(17(2)9-14(15)18)11(7-10)8-16-12-4-5-12/h3,6-7,12,16H,4-5,8-9H2,1-2H3,(H2,15,18). The minimum absolute atomic E-state index is 0.249. The molecule has 0 heterocycles. The van der Waals surface area contributed by atoms with Gasteiger partial charge in [-0.3, -0.25) is 4.79 Å². The zero-order valence-corrected chi connectivity index (χ0v) is 11.1. The molecule has 0 saturated heterocycles. The second-order valence-electron chi connectivity index (χ2n) is 5.11. The highest BCUT2D eigenvalue weighted by molar-refractivity contribution is 5.79. The average Bonchev–Trinajstić information content (AvgIpc) is 3.09. The molecule has 4 nitrogen and oxygen atoms in total. The lowest BCUT2D eigenvalue weighted by molar-refractivity contribution is -0.116. The molecule has 98 valence electrons. The smallest absolute Gasteiger partial charge is 0.236 e. The van der Waals surface area contributed by atoms with Gasteiger partial charge in [0.15, 0.2) is 0 Å². The van der Waals surface area contributed by atoms with Crippen LogP contribution in [0.2, 0.25) is 0 Å². The Morgan fingerprint density at radius 1 is 1.50 bits per heavy atom. The summed E-state index contributed by atoms with van der Waals surface area (Å²) in [5, 5.41) is 3.51. The summed E-state index contributed by atoms with van der Waals surface area (Å²) in [7, 11) is 1.90. The summed E-state index contributed by atoms with van der Waals surface area (Å²) >= 11 is 0. The van der Waals surface area contributed by atoms with Crippen molar-refractivity contribution in [2.24, 2.45) is 5.73 Å². The fraction of sp³-hybridized carbons (Fsp3) is 0.500. The number of nitrogens with one attached hydrogen (secondary N) is 1. The van der Waals surface area contributed by atoms with Gasteiger partial charge in [-0.1, -0.05) is 17.7 Å². The summed E-state index contributed by atoms with van der Waals surface area (Å²) in [6.07, 6.45) is 2.55. The van der Waals surface area contributed by atoms with Crippen LogP contribution in [0.4, 0.5) is 5.69 Å². The number of likely N-dealkylation sites (N-methyl/N-ethyl adjacent to an activating group) is 1. The first-order valence-electron chi connectivity index (χ1n) is 6.38. The highest BCUT2D eigenvalue weighted by atomic mass is 16.1. The zero-order chi connectivity index (χ0) is 13.1. The van der Waals surface area contributed by atoms with Crippen molar-refractivity contribution in [3.8, 4) is 0 Å². The minimum atomic E-state index is -0.306. The van der Waals surface area contributed by atoms with Gasteiger partial charge in [-0.05, 0) is 31.4 Å². The Morgan fingerprint density at radius 2 is 2.22 bits per heavy atom. The van der Waals surface area contributed by atoms with Crippen LogP contribution < -0.4 is 16.0 Å². The number of rotatable bonds is 6. The van der Waals surface area contributed by atoms with E-state index in [1.54, 1.807) is 0 Å². The van der Waals surface area contributed by atoms with Crippen LogP contribution in [-0.4, -0.2) is 25.5 Å². The van der Waals surface area contributed by atoms with Crippen molar-refractivity contribution in [2.45, 2.75) is 32.4 Å². The number of aryl methyl sites for hydroxylation is 1. The molecule has 1 aromatic rings. The van der Waals surface area contributed by atoms with Crippen molar-refractivity contribution >= 4 is 11.6 Å². The van der Waals surface area contributed by atoms with E-state index in [1.165, 1.54) is 24.0 Å². The molecule has 0 spiro atoms. The summed E-state index contributed by atoms with van der Waals surface area (Å²) in [6, 6.07) is 6.97. The molecule has 0 radical (unpaired) electrons. The van der Waals surface area contributed by atoms with Crippen LogP contribution in [0.5, 0.6) is 0 Å². The van der Waals surface area contributed by atoms with Gasteiger partial charge in [0.05, 0.1) is 6.54 Å². The summed E-state index contributed by atoms with van der Waals surface area (Å²) < 4.78 is 0. The van der Waals surface area contributed by atoms with Crippen molar-refractivity contribution in [1.82, 2.24) is 5.32 Å². The van der Waals surface area contributed by atoms with Crippen molar-refractivity contribution in [1.29, 1.82) is 0 Å². The molecule has 0 atom stereocenters. The Kier molecular flexibility index (Phi) is 3.87. The molecule has 3 N–H and O–H groups in total. The maximum absolute atomic E-state index is 11.0. The Bertz CT molecular complexity index is 441. The van der Waals surface area contributed by atoms with Crippen molar-refractivity contribution in [2.75, 3.05) is 18.5 Å². The lowest BCUT2D eigenvalue weighted by atomic mass is 10.1. The molecular formula is C14H21N3O. The van der Waals surface area contributed by atoms with E-state index in [0.29, 0.717) is 6.04 Å². The van der Waals surface area contributed by atoms with E-state index in [0.717, 1.165) is 12.2 Å². The SMILES string of the molecule is Cc1ccc(N(C)CC(N)=O)c(CNC2CC2)c1. The van der Waals surface area contributed by atoms with Crippen molar-refractivity contribution in [3.05, 3.63) is 29.3 Å². The molecular weight excluding hydrogens is 226 g/mol. The highest BCUT2D eigenvalue weighted by Gasteiger charge is 2.20. The van der Waals surface area contributed by atoms with Crippen LogP contribution in [0.25, 0.3) is 0 Å². The first kappa shape index (κ1) is 12.9. The summed E-state index contributed by atoms with van der Waals surface area (Å²) in [6.45, 7) is 3.18. The molecule has 1 amide bonds. The number of nitrogens with zero attached hydrogens (tertiary/aromatic N) is 1. The lowest BCUT2D eigenvalue weighted by Gasteiger charge is -2.21. The maximum Gasteiger partial charge on any atom is 0.236 e. The second kappa shape index (κ2) is 5.40. The average molecular weight is 247 g/mol. The van der Waals surface area contributed by atoms with E-state index in [4.69, 9.17) is 5.73 Å². The number of nitrogens with two attached hydrogens (primary N) is 1. The monoisotopic (exact) mass is 247 g/mol. The molecule has 18 heavy (non-hydrogen) atoms. The van der Waals surface area contributed by atoms with Gasteiger partial charge in [0.2, 0.25) is 5.91 Å². The predicted molar refractivity (Wildman–Crippen MR) is 73.5 cm³/mol. The number of amides is 1. The van der Waals surface area contributed by atoms with Crippen molar-refractivity contribution in [3.63, 3.8) is 0 Å². The summed E-state index contributed by atoms with van der Waals surface area (Å²) in [5.41, 5.74) is 8.79. The van der Waals surface area contributed by atoms with Gasteiger partial charge in [0.25, 0.3) is 0 Å². The number of carbonyl (C=O) groups excluding carboxylic acids is 1. The molecule has 1 aliphatic carbocycles. The number of primary amides is 1. The van der Waals surface area contributed by atoms with E-state index in [1.807, 2.05) is 11.9 Å². The van der Waals surface area contributed by atoms with Crippen LogP contribution in [0.3, 0.4) is 0 Å². The first-order chi connectivity index (χ1) is 8.56. The van der Waals surface area contributed by atoms with Crippen LogP contribution in [-0.2, 0) is 11.3 Å². The first-order valence-corrected chi connectivity index (χ1v) is 6.38. The number of benzene rings is 1. The molecule has 0 bridgehead atoms. The van der Waals surface area contributed by atoms with Gasteiger partial charge in [-0.25, -0.2) is 0 Å². The molecule has 2 rings (SSSR count). The zero-order valence-electron chi connectivity index (χ0n) is 11.1. The molecule has 1 fully saturated rings. The van der Waals surface area contributed by atoms with Crippen LogP contribution in [0.1, 0.15) is 24.0 Å². The lowest BCUT2D eigenvalue weighted by Crippen LogP contribution is -2.31. The third-order valence-corrected chi connectivity index (χ3v) is 3.20. The van der Waals surface area contributed by atoms with E-state index in [9.17, 15) is 4.79 Å². The Balaban J connectivity index is 2.12. The molecule has 4 heteroatoms. The molecule has 1 aromatic carbocycles. The largest absolute Gasteiger partial charge is 0.368 e. The topological polar surface area (TPSA) is 58.4 Å². The van der Waals surface area contributed by atoms with E-state index in [-0.39, 0.29) is 12.5 Å². The predicted octanol–water partition coefficient (Wildman–Crippen LogP) is 1.17. The summed E-state index contributed by atoms with van der Waals surface area (Å²) in [4.78, 5) is 12.9. The number of hydrogen-bond acceptors (Lipinski definition) is 3. The van der Waals surface area contributed by atoms with Gasteiger partial charge in [-0.2, -0.15) is 0 Å². The summed E-state index contributed by atoms with van der Waals surface area (Å²) in [5.74, 6) is -0.306. The van der Waals surface area contributed by atoms with E-state index in [2.05, 4.69) is 30.4 Å². The quantitative estimate of drug-likeness (QED) is 0.793. The molecule has 1 saturated carbocycles. The van der Waals surface area contributed by atoms with E-state index < -0.39 is 0 Å². The fourth-order valence-electron chi connectivity index (χ4n) is 2.09. The molecule has 0 unspecified atom stereocenters. The molecule has 1 aliphatic rings. The Morgan fingerprint density at radius 3 is 2.83 bits per heavy atom. The third kappa shape index (κ3) is 3.47. The molecule has 0 aromatic heterocycles. The minimum Gasteiger partial charge on any atom is -0.368 e. The molecule has 0 aliphatic heterocycles. The van der Waals surface area contributed by atoms with Crippen LogP contribution >= 0.6 is 0 Å². The van der Waals surface area contributed by atoms with Gasteiger partial charge in [0, 0.05) is 25.3 Å². The Hall–Kier alpha value is -1.55. The normalized spacial score (nSPS) is 14.6. The highest BCUT2D eigenvalue weighted by Crippen LogP contribution is 2.24. The second-order valence-corrected chi connectivity index (χ2v) is 5.11. The van der Waals surface area contributed by atoms with Gasteiger partial charge >= 0.3 is 0 Å². The number of hydrogen-bond donors (Lipinski definition) is 2. The fourth-order valence-corrected chi connectivity index (χ4v) is 2.09. The van der Waals surface area contributed by atoms with Gasteiger partial charge in [-0.15, -0.1) is 0 Å². The Labute approximate surface area is 108 Å². The third-order valence-electron chi connectivity index (χ3n) is 3.20. The van der Waals surface area contributed by atoms with Gasteiger partial charge in [0.1, 0.15) is 0 Å². The van der Waals surface area contributed by atoms with Crippen LogP contribution in [0.15, 0.2) is 18.2 Å². The van der Waals surface area contributed by atoms with Crippen LogP contribution in [0, 0.1) is 6.92 Å². The number of anilines is 1. The van der Waals surface area contributed by atoms with E-state index >= 15 is 0 Å². The maximum atomic E-state index is 11.0.